The molecule has 3 heteroatoms. The minimum Gasteiger partial charge on any atom is -0.355 e. The zero-order valence-corrected chi connectivity index (χ0v) is 10.1. The van der Waals surface area contributed by atoms with E-state index in [0.29, 0.717) is 18.5 Å². The normalized spacial score (nSPS) is 15.3. The Bertz CT molecular complexity index is 169. The Hall–Kier alpha value is -0.570. The van der Waals surface area contributed by atoms with Crippen molar-refractivity contribution in [1.29, 1.82) is 0 Å². The number of likely N-dealkylation sites (N-methyl/N-ethyl adjacent to an activating group) is 1. The summed E-state index contributed by atoms with van der Waals surface area (Å²) in [6.45, 7) is 11.0. The molecular weight excluding hydrogens is 176 g/mol. The van der Waals surface area contributed by atoms with Crippen LogP contribution in [0.2, 0.25) is 0 Å². The predicted molar refractivity (Wildman–Crippen MR) is 60.2 cm³/mol. The fraction of sp³-hybridized carbons (Fsp3) is 0.909. The van der Waals surface area contributed by atoms with Gasteiger partial charge in [-0.15, -0.1) is 0 Å². The molecule has 2 N–H and O–H groups in total. The first-order valence-electron chi connectivity index (χ1n) is 5.51. The Morgan fingerprint density at radius 3 is 2.21 bits per heavy atom. The Morgan fingerprint density at radius 1 is 1.21 bits per heavy atom. The molecule has 0 aromatic rings. The first-order valence-corrected chi connectivity index (χ1v) is 5.51. The molecular formula is C11H24N2O. The van der Waals surface area contributed by atoms with E-state index in [2.05, 4.69) is 31.4 Å². The lowest BCUT2D eigenvalue weighted by Gasteiger charge is -2.20. The van der Waals surface area contributed by atoms with Crippen LogP contribution >= 0.6 is 0 Å². The summed E-state index contributed by atoms with van der Waals surface area (Å²) in [7, 11) is 0. The molecule has 0 aliphatic carbocycles. The van der Waals surface area contributed by atoms with Crippen LogP contribution in [0.4, 0.5) is 0 Å². The second-order valence-electron chi connectivity index (χ2n) is 4.31. The quantitative estimate of drug-likeness (QED) is 0.683. The number of hydrogen-bond donors (Lipinski definition) is 2. The van der Waals surface area contributed by atoms with Gasteiger partial charge >= 0.3 is 0 Å². The third-order valence-corrected chi connectivity index (χ3v) is 2.10. The molecule has 84 valence electrons. The highest BCUT2D eigenvalue weighted by Crippen LogP contribution is 2.04. The summed E-state index contributed by atoms with van der Waals surface area (Å²) < 4.78 is 0. The van der Waals surface area contributed by atoms with Gasteiger partial charge in [0, 0.05) is 12.6 Å². The van der Waals surface area contributed by atoms with Crippen LogP contribution in [0.25, 0.3) is 0 Å². The lowest BCUT2D eigenvalue weighted by Crippen LogP contribution is -2.45. The van der Waals surface area contributed by atoms with Crippen molar-refractivity contribution in [3.63, 3.8) is 0 Å². The van der Waals surface area contributed by atoms with Crippen molar-refractivity contribution in [2.75, 3.05) is 6.54 Å². The maximum Gasteiger partial charge on any atom is 0.236 e. The molecule has 0 fully saturated rings. The van der Waals surface area contributed by atoms with Gasteiger partial charge in [-0.05, 0) is 33.1 Å². The van der Waals surface area contributed by atoms with Crippen molar-refractivity contribution in [3.8, 4) is 0 Å². The summed E-state index contributed by atoms with van der Waals surface area (Å²) >= 11 is 0. The van der Waals surface area contributed by atoms with Crippen LogP contribution in [0.5, 0.6) is 0 Å². The Labute approximate surface area is 87.6 Å². The van der Waals surface area contributed by atoms with Gasteiger partial charge in [0.25, 0.3) is 0 Å². The first-order chi connectivity index (χ1) is 6.47. The molecule has 0 heterocycles. The number of amides is 1. The molecule has 2 atom stereocenters. The maximum absolute atomic E-state index is 11.4. The summed E-state index contributed by atoms with van der Waals surface area (Å²) in [6, 6.07) is 0.302. The van der Waals surface area contributed by atoms with E-state index in [1.165, 1.54) is 0 Å². The zero-order chi connectivity index (χ0) is 11.1. The molecule has 0 aromatic carbocycles. The molecule has 0 rings (SSSR count). The zero-order valence-electron chi connectivity index (χ0n) is 10.1. The average Bonchev–Trinajstić information content (AvgIpc) is 2.02. The number of rotatable bonds is 6. The van der Waals surface area contributed by atoms with E-state index in [4.69, 9.17) is 0 Å². The van der Waals surface area contributed by atoms with Gasteiger partial charge in [0.15, 0.2) is 0 Å². The largest absolute Gasteiger partial charge is 0.355 e. The molecule has 2 unspecified atom stereocenters. The number of carbonyl (C=O) groups is 1. The van der Waals surface area contributed by atoms with Gasteiger partial charge in [-0.3, -0.25) is 4.79 Å². The van der Waals surface area contributed by atoms with E-state index in [0.717, 1.165) is 6.42 Å². The summed E-state index contributed by atoms with van der Waals surface area (Å²) in [5.74, 6) is 0.752. The van der Waals surface area contributed by atoms with Crippen LogP contribution in [0.3, 0.4) is 0 Å². The Balaban J connectivity index is 3.80. The van der Waals surface area contributed by atoms with E-state index >= 15 is 0 Å². The second kappa shape index (κ2) is 6.82. The van der Waals surface area contributed by atoms with Gasteiger partial charge in [0.2, 0.25) is 5.91 Å². The van der Waals surface area contributed by atoms with Gasteiger partial charge in [-0.1, -0.05) is 13.8 Å². The molecule has 0 radical (unpaired) electrons. The van der Waals surface area contributed by atoms with Crippen molar-refractivity contribution < 1.29 is 4.79 Å². The van der Waals surface area contributed by atoms with Crippen molar-refractivity contribution in [2.24, 2.45) is 5.92 Å². The average molecular weight is 200 g/mol. The van der Waals surface area contributed by atoms with Crippen molar-refractivity contribution in [1.82, 2.24) is 10.6 Å². The van der Waals surface area contributed by atoms with E-state index < -0.39 is 0 Å². The highest BCUT2D eigenvalue weighted by Gasteiger charge is 2.14. The fourth-order valence-electron chi connectivity index (χ4n) is 1.60. The lowest BCUT2D eigenvalue weighted by atomic mass is 10.0. The maximum atomic E-state index is 11.4. The summed E-state index contributed by atoms with van der Waals surface area (Å²) in [4.78, 5) is 11.4. The number of carbonyl (C=O) groups excluding carboxylic acids is 1. The molecule has 3 nitrogen and oxygen atoms in total. The minimum atomic E-state index is -0.0938. The summed E-state index contributed by atoms with van der Waals surface area (Å²) in [5.41, 5.74) is 0. The fourth-order valence-corrected chi connectivity index (χ4v) is 1.60. The van der Waals surface area contributed by atoms with E-state index in [-0.39, 0.29) is 11.9 Å². The van der Waals surface area contributed by atoms with Crippen molar-refractivity contribution >= 4 is 5.91 Å². The van der Waals surface area contributed by atoms with Crippen LogP contribution in [-0.2, 0) is 4.79 Å². The molecule has 0 spiro atoms. The minimum absolute atomic E-state index is 0.0862. The van der Waals surface area contributed by atoms with Crippen LogP contribution in [-0.4, -0.2) is 24.5 Å². The highest BCUT2D eigenvalue weighted by atomic mass is 16.2. The van der Waals surface area contributed by atoms with Crippen molar-refractivity contribution in [2.45, 2.75) is 53.1 Å². The molecule has 0 aliphatic rings. The van der Waals surface area contributed by atoms with Crippen LogP contribution < -0.4 is 10.6 Å². The standard InChI is InChI=1S/C11H24N2O/c1-6-12-11(14)10(5)13-9(4)7-8(2)3/h8-10,13H,6-7H2,1-5H3,(H,12,14). The van der Waals surface area contributed by atoms with Crippen molar-refractivity contribution in [3.05, 3.63) is 0 Å². The summed E-state index contributed by atoms with van der Waals surface area (Å²) in [5, 5.41) is 6.09. The Morgan fingerprint density at radius 2 is 1.79 bits per heavy atom. The van der Waals surface area contributed by atoms with Gasteiger partial charge < -0.3 is 10.6 Å². The smallest absolute Gasteiger partial charge is 0.236 e. The van der Waals surface area contributed by atoms with E-state index in [1.54, 1.807) is 0 Å². The van der Waals surface area contributed by atoms with E-state index in [1.807, 2.05) is 13.8 Å². The van der Waals surface area contributed by atoms with Crippen LogP contribution in [0.15, 0.2) is 0 Å². The molecule has 0 saturated carbocycles. The molecule has 0 bridgehead atoms. The lowest BCUT2D eigenvalue weighted by molar-refractivity contribution is -0.122. The van der Waals surface area contributed by atoms with Crippen LogP contribution in [0.1, 0.15) is 41.0 Å². The second-order valence-corrected chi connectivity index (χ2v) is 4.31. The molecule has 0 saturated heterocycles. The Kier molecular flexibility index (Phi) is 6.54. The van der Waals surface area contributed by atoms with Gasteiger partial charge in [0.05, 0.1) is 6.04 Å². The molecule has 0 aliphatic heterocycles. The van der Waals surface area contributed by atoms with E-state index in [9.17, 15) is 4.79 Å². The molecule has 14 heavy (non-hydrogen) atoms. The number of hydrogen-bond acceptors (Lipinski definition) is 2. The predicted octanol–water partition coefficient (Wildman–Crippen LogP) is 1.54. The first kappa shape index (κ1) is 13.4. The van der Waals surface area contributed by atoms with Gasteiger partial charge in [-0.2, -0.15) is 0 Å². The molecule has 1 amide bonds. The topological polar surface area (TPSA) is 41.1 Å². The monoisotopic (exact) mass is 200 g/mol. The third-order valence-electron chi connectivity index (χ3n) is 2.10. The highest BCUT2D eigenvalue weighted by molar-refractivity contribution is 5.81. The van der Waals surface area contributed by atoms with Crippen LogP contribution in [0, 0.1) is 5.92 Å². The third kappa shape index (κ3) is 5.97. The summed E-state index contributed by atoms with van der Waals surface area (Å²) in [6.07, 6.45) is 1.10. The van der Waals surface area contributed by atoms with Gasteiger partial charge in [-0.25, -0.2) is 0 Å². The SMILES string of the molecule is CCNC(=O)C(C)NC(C)CC(C)C. The molecule has 0 aromatic heterocycles. The van der Waals surface area contributed by atoms with Gasteiger partial charge in [0.1, 0.15) is 0 Å². The number of nitrogens with one attached hydrogen (secondary N) is 2.